The molecule has 2 aromatic carbocycles. The Labute approximate surface area is 196 Å². The summed E-state index contributed by atoms with van der Waals surface area (Å²) in [6.07, 6.45) is -4.62. The van der Waals surface area contributed by atoms with Gasteiger partial charge in [-0.2, -0.15) is 13.2 Å². The predicted octanol–water partition coefficient (Wildman–Crippen LogP) is 5.20. The molecule has 7 nitrogen and oxygen atoms in total. The van der Waals surface area contributed by atoms with Gasteiger partial charge in [-0.15, -0.1) is 11.3 Å². The molecule has 12 heteroatoms. The molecule has 2 aromatic heterocycles. The van der Waals surface area contributed by atoms with Gasteiger partial charge in [-0.05, 0) is 63.2 Å². The third-order valence-corrected chi connectivity index (χ3v) is 7.97. The number of hydrogen-bond acceptors (Lipinski definition) is 6. The van der Waals surface area contributed by atoms with Crippen LogP contribution in [-0.2, 0) is 32.3 Å². The fourth-order valence-corrected chi connectivity index (χ4v) is 5.77. The lowest BCUT2D eigenvalue weighted by molar-refractivity contribution is -0.162. The number of carboxylic acid groups (broad SMARTS) is 1. The number of aliphatic carboxylic acids is 1. The highest BCUT2D eigenvalue weighted by molar-refractivity contribution is 7.90. The molecule has 0 saturated heterocycles. The first-order valence-corrected chi connectivity index (χ1v) is 12.2. The van der Waals surface area contributed by atoms with Gasteiger partial charge in [0, 0.05) is 5.39 Å². The summed E-state index contributed by atoms with van der Waals surface area (Å²) in [5, 5.41) is 10.1. The molecule has 180 valence electrons. The quantitative estimate of drug-likeness (QED) is 0.382. The molecule has 0 saturated carbocycles. The minimum atomic E-state index is -4.62. The number of fused-ring (bicyclic) bond motifs is 2. The SMILES string of the molecule is Cc1nc2cc(S(=O)(=O)n3c(COC(C)(C)C(=O)O)cc4cc(C(F)(F)F)ccc43)ccc2s1. The number of halogens is 3. The van der Waals surface area contributed by atoms with E-state index in [0.717, 1.165) is 31.9 Å². The number of alkyl halides is 3. The average Bonchev–Trinajstić information content (AvgIpc) is 3.29. The molecule has 0 fully saturated rings. The molecular formula is C22H19F3N2O5S2. The number of hydrogen-bond donors (Lipinski definition) is 1. The number of rotatable bonds is 6. The van der Waals surface area contributed by atoms with Crippen molar-refractivity contribution in [3.8, 4) is 0 Å². The van der Waals surface area contributed by atoms with Crippen LogP contribution < -0.4 is 0 Å². The Morgan fingerprint density at radius 2 is 1.85 bits per heavy atom. The van der Waals surface area contributed by atoms with Gasteiger partial charge in [0.2, 0.25) is 0 Å². The van der Waals surface area contributed by atoms with Crippen LogP contribution in [0.2, 0.25) is 0 Å². The van der Waals surface area contributed by atoms with Crippen molar-refractivity contribution in [1.29, 1.82) is 0 Å². The molecule has 1 N–H and O–H groups in total. The molecular weight excluding hydrogens is 493 g/mol. The summed E-state index contributed by atoms with van der Waals surface area (Å²) in [6.45, 7) is 3.90. The number of nitrogens with zero attached hydrogens (tertiary/aromatic N) is 2. The zero-order valence-corrected chi connectivity index (χ0v) is 19.8. The van der Waals surface area contributed by atoms with Gasteiger partial charge >= 0.3 is 12.1 Å². The maximum atomic E-state index is 13.7. The van der Waals surface area contributed by atoms with Crippen molar-refractivity contribution in [2.75, 3.05) is 0 Å². The summed E-state index contributed by atoms with van der Waals surface area (Å²) < 4.78 is 74.2. The molecule has 34 heavy (non-hydrogen) atoms. The second-order valence-electron chi connectivity index (χ2n) is 8.14. The molecule has 0 spiro atoms. The van der Waals surface area contributed by atoms with Crippen molar-refractivity contribution in [3.63, 3.8) is 0 Å². The lowest BCUT2D eigenvalue weighted by Crippen LogP contribution is -2.34. The second-order valence-corrected chi connectivity index (χ2v) is 11.2. The maximum Gasteiger partial charge on any atom is 0.416 e. The van der Waals surface area contributed by atoms with E-state index < -0.39 is 39.9 Å². The summed E-state index contributed by atoms with van der Waals surface area (Å²) in [4.78, 5) is 15.6. The van der Waals surface area contributed by atoms with Crippen LogP contribution in [0.3, 0.4) is 0 Å². The van der Waals surface area contributed by atoms with E-state index in [9.17, 15) is 31.5 Å². The van der Waals surface area contributed by atoms with Crippen LogP contribution in [-0.4, -0.2) is 34.1 Å². The van der Waals surface area contributed by atoms with Crippen LogP contribution in [0.1, 0.15) is 30.1 Å². The third kappa shape index (κ3) is 4.28. The number of ether oxygens (including phenoxy) is 1. The number of thiazole rings is 1. The fraction of sp³-hybridized carbons (Fsp3) is 0.273. The van der Waals surface area contributed by atoms with Crippen molar-refractivity contribution in [2.45, 2.75) is 44.1 Å². The molecule has 0 bridgehead atoms. The van der Waals surface area contributed by atoms with Gasteiger partial charge in [-0.25, -0.2) is 22.2 Å². The molecule has 0 aliphatic carbocycles. The highest BCUT2D eigenvalue weighted by Gasteiger charge is 2.33. The van der Waals surface area contributed by atoms with Crippen LogP contribution in [0.15, 0.2) is 47.4 Å². The molecule has 0 aliphatic heterocycles. The first kappa shape index (κ1) is 24.2. The zero-order chi connectivity index (χ0) is 25.1. The highest BCUT2D eigenvalue weighted by atomic mass is 32.2. The summed E-state index contributed by atoms with van der Waals surface area (Å²) in [5.41, 5.74) is -2.12. The number of carbonyl (C=O) groups is 1. The third-order valence-electron chi connectivity index (χ3n) is 5.26. The number of aryl methyl sites for hydroxylation is 1. The van der Waals surface area contributed by atoms with Gasteiger partial charge in [0.25, 0.3) is 10.0 Å². The van der Waals surface area contributed by atoms with Gasteiger partial charge in [0.15, 0.2) is 5.60 Å². The largest absolute Gasteiger partial charge is 0.479 e. The standard InChI is InChI=1S/C22H19F3N2O5S2/c1-12-26-17-10-16(5-7-19(17)33-12)34(30,31)27-15(11-32-21(2,3)20(28)29)9-13-8-14(22(23,24)25)4-6-18(13)27/h4-10H,11H2,1-3H3,(H,28,29). The van der Waals surface area contributed by atoms with Gasteiger partial charge in [-0.1, -0.05) is 0 Å². The molecule has 4 aromatic rings. The summed E-state index contributed by atoms with van der Waals surface area (Å²) in [7, 11) is -4.30. The van der Waals surface area contributed by atoms with Crippen LogP contribution >= 0.6 is 11.3 Å². The molecule has 0 amide bonds. The lowest BCUT2D eigenvalue weighted by atomic mass is 10.1. The molecule has 4 rings (SSSR count). The Morgan fingerprint density at radius 1 is 1.15 bits per heavy atom. The van der Waals surface area contributed by atoms with Crippen molar-refractivity contribution in [3.05, 3.63) is 58.7 Å². The molecule has 2 heterocycles. The Balaban J connectivity index is 1.90. The highest BCUT2D eigenvalue weighted by Crippen LogP contribution is 2.35. The van der Waals surface area contributed by atoms with Gasteiger partial charge in [0.1, 0.15) is 0 Å². The van der Waals surface area contributed by atoms with E-state index in [4.69, 9.17) is 4.74 Å². The molecule has 0 atom stereocenters. The van der Waals surface area contributed by atoms with Crippen LogP contribution in [0, 0.1) is 6.92 Å². The number of carboxylic acids is 1. The molecule has 0 unspecified atom stereocenters. The van der Waals surface area contributed by atoms with Crippen molar-refractivity contribution >= 4 is 48.4 Å². The maximum absolute atomic E-state index is 13.7. The van der Waals surface area contributed by atoms with Crippen molar-refractivity contribution in [1.82, 2.24) is 8.96 Å². The summed E-state index contributed by atoms with van der Waals surface area (Å²) in [6, 6.07) is 8.39. The Kier molecular flexibility index (Phi) is 5.74. The average molecular weight is 513 g/mol. The normalized spacial score (nSPS) is 13.1. The van der Waals surface area contributed by atoms with E-state index in [2.05, 4.69) is 4.98 Å². The van der Waals surface area contributed by atoms with Gasteiger partial charge < -0.3 is 9.84 Å². The summed E-state index contributed by atoms with van der Waals surface area (Å²) in [5.74, 6) is -1.28. The monoisotopic (exact) mass is 512 g/mol. The van der Waals surface area contributed by atoms with Gasteiger partial charge in [0.05, 0.1) is 43.5 Å². The first-order chi connectivity index (χ1) is 15.7. The van der Waals surface area contributed by atoms with E-state index in [0.29, 0.717) is 5.52 Å². The van der Waals surface area contributed by atoms with Crippen LogP contribution in [0.4, 0.5) is 13.2 Å². The minimum Gasteiger partial charge on any atom is -0.479 e. The second kappa shape index (κ2) is 8.07. The topological polar surface area (TPSA) is 98.5 Å². The minimum absolute atomic E-state index is 0.00860. The number of aromatic nitrogens is 2. The van der Waals surface area contributed by atoms with Crippen molar-refractivity contribution in [2.24, 2.45) is 0 Å². The predicted molar refractivity (Wildman–Crippen MR) is 120 cm³/mol. The van der Waals surface area contributed by atoms with Crippen molar-refractivity contribution < 1.29 is 36.2 Å². The van der Waals surface area contributed by atoms with E-state index in [1.165, 1.54) is 43.4 Å². The van der Waals surface area contributed by atoms with Gasteiger partial charge in [-0.3, -0.25) is 0 Å². The number of benzene rings is 2. The Morgan fingerprint density at radius 3 is 2.50 bits per heavy atom. The van der Waals surface area contributed by atoms with E-state index >= 15 is 0 Å². The summed E-state index contributed by atoms with van der Waals surface area (Å²) >= 11 is 1.40. The van der Waals surface area contributed by atoms with Crippen LogP contribution in [0.5, 0.6) is 0 Å². The smallest absolute Gasteiger partial charge is 0.416 e. The fourth-order valence-electron chi connectivity index (χ4n) is 3.41. The van der Waals surface area contributed by atoms with E-state index in [1.807, 2.05) is 0 Å². The first-order valence-electron chi connectivity index (χ1n) is 9.92. The van der Waals surface area contributed by atoms with E-state index in [1.54, 1.807) is 13.0 Å². The molecule has 0 aliphatic rings. The molecule has 0 radical (unpaired) electrons. The lowest BCUT2D eigenvalue weighted by Gasteiger charge is -2.21. The Bertz CT molecular complexity index is 1540. The van der Waals surface area contributed by atoms with E-state index in [-0.39, 0.29) is 21.5 Å². The van der Waals surface area contributed by atoms with Crippen LogP contribution in [0.25, 0.3) is 21.1 Å². The zero-order valence-electron chi connectivity index (χ0n) is 18.2. The Hall–Kier alpha value is -2.96.